The zero-order chi connectivity index (χ0) is 23.6. The van der Waals surface area contributed by atoms with Crippen molar-refractivity contribution < 1.29 is 23.9 Å². The van der Waals surface area contributed by atoms with Gasteiger partial charge in [-0.15, -0.1) is 11.3 Å². The minimum Gasteiger partial charge on any atom is -0.497 e. The number of nitrogens with one attached hydrogen (secondary N) is 3. The average Bonchev–Trinajstić information content (AvgIpc) is 3.26. The molecule has 2 aromatic rings. The summed E-state index contributed by atoms with van der Waals surface area (Å²) in [5.74, 6) is 0.654. The number of likely N-dealkylation sites (tertiary alicyclic amines) is 1. The molecule has 1 aliphatic rings. The van der Waals surface area contributed by atoms with Gasteiger partial charge in [-0.25, -0.2) is 14.6 Å². The minimum atomic E-state index is -0.395. The third kappa shape index (κ3) is 7.63. The molecule has 10 nitrogen and oxygen atoms in total. The third-order valence-corrected chi connectivity index (χ3v) is 5.92. The van der Waals surface area contributed by atoms with Crippen LogP contribution in [0.15, 0.2) is 29.6 Å². The number of carbonyl (C=O) groups is 3. The summed E-state index contributed by atoms with van der Waals surface area (Å²) in [5.41, 5.74) is 1.38. The quantitative estimate of drug-likeness (QED) is 0.537. The van der Waals surface area contributed by atoms with Gasteiger partial charge >= 0.3 is 12.1 Å². The monoisotopic (exact) mass is 475 g/mol. The number of anilines is 2. The molecule has 3 rings (SSSR count). The number of amides is 4. The summed E-state index contributed by atoms with van der Waals surface area (Å²) < 4.78 is 10.1. The van der Waals surface area contributed by atoms with Crippen LogP contribution in [0.3, 0.4) is 0 Å². The number of nitrogens with zero attached hydrogens (tertiary/aromatic N) is 2. The Hall–Kier alpha value is -3.34. The number of urea groups is 1. The Morgan fingerprint density at radius 1 is 1.15 bits per heavy atom. The number of carbonyl (C=O) groups excluding carboxylic acids is 3. The molecule has 178 valence electrons. The number of methoxy groups -OCH3 is 1. The number of aryl methyl sites for hydroxylation is 1. The van der Waals surface area contributed by atoms with Crippen molar-refractivity contribution in [2.45, 2.75) is 38.6 Å². The van der Waals surface area contributed by atoms with Gasteiger partial charge in [-0.3, -0.25) is 10.1 Å². The van der Waals surface area contributed by atoms with Gasteiger partial charge in [0.15, 0.2) is 5.13 Å². The molecule has 1 saturated heterocycles. The molecule has 1 fully saturated rings. The van der Waals surface area contributed by atoms with E-state index in [0.29, 0.717) is 61.9 Å². The van der Waals surface area contributed by atoms with Gasteiger partial charge in [0.05, 0.1) is 19.4 Å². The molecule has 0 unspecified atom stereocenters. The summed E-state index contributed by atoms with van der Waals surface area (Å²) >= 11 is 1.30. The zero-order valence-electron chi connectivity index (χ0n) is 18.8. The topological polar surface area (TPSA) is 122 Å². The molecular weight excluding hydrogens is 446 g/mol. The minimum absolute atomic E-state index is 0.0515. The standard InChI is InChI=1S/C22H29N5O5S/c1-3-32-22(30)27-12-10-16(11-13-27)23-19(28)9-6-17-14-33-21(25-17)26-20(29)24-15-4-7-18(31-2)8-5-15/h4-5,7-8,14,16H,3,6,9-13H2,1-2H3,(H,23,28)(H2,24,25,26,29). The highest BCUT2D eigenvalue weighted by Gasteiger charge is 2.24. The van der Waals surface area contributed by atoms with Crippen molar-refractivity contribution in [3.05, 3.63) is 35.3 Å². The van der Waals surface area contributed by atoms with Crippen molar-refractivity contribution in [3.8, 4) is 5.75 Å². The zero-order valence-corrected chi connectivity index (χ0v) is 19.6. The lowest BCUT2D eigenvalue weighted by Gasteiger charge is -2.31. The Kier molecular flexibility index (Phi) is 8.87. The summed E-state index contributed by atoms with van der Waals surface area (Å²) in [4.78, 5) is 42.2. The molecular formula is C22H29N5O5S. The Bertz CT molecular complexity index is 941. The fourth-order valence-electron chi connectivity index (χ4n) is 3.38. The van der Waals surface area contributed by atoms with E-state index in [1.165, 1.54) is 11.3 Å². The van der Waals surface area contributed by atoms with E-state index in [1.54, 1.807) is 43.2 Å². The maximum atomic E-state index is 12.3. The van der Waals surface area contributed by atoms with Crippen LogP contribution in [0.5, 0.6) is 5.75 Å². The van der Waals surface area contributed by atoms with Crippen LogP contribution in [0.1, 0.15) is 31.9 Å². The maximum absolute atomic E-state index is 12.3. The van der Waals surface area contributed by atoms with Crippen molar-refractivity contribution in [2.75, 3.05) is 37.4 Å². The van der Waals surface area contributed by atoms with Gasteiger partial charge in [-0.1, -0.05) is 0 Å². The third-order valence-electron chi connectivity index (χ3n) is 5.11. The van der Waals surface area contributed by atoms with Crippen molar-refractivity contribution >= 4 is 40.2 Å². The molecule has 11 heteroatoms. The molecule has 0 aliphatic carbocycles. The number of piperidine rings is 1. The van der Waals surface area contributed by atoms with Crippen LogP contribution in [-0.2, 0) is 16.0 Å². The van der Waals surface area contributed by atoms with Gasteiger partial charge < -0.3 is 25.0 Å². The molecule has 0 atom stereocenters. The summed E-state index contributed by atoms with van der Waals surface area (Å²) in [6.45, 7) is 3.28. The van der Waals surface area contributed by atoms with Crippen LogP contribution in [-0.4, -0.2) is 60.8 Å². The van der Waals surface area contributed by atoms with E-state index in [9.17, 15) is 14.4 Å². The highest BCUT2D eigenvalue weighted by atomic mass is 32.1. The average molecular weight is 476 g/mol. The van der Waals surface area contributed by atoms with Gasteiger partial charge in [-0.2, -0.15) is 0 Å². The molecule has 0 bridgehead atoms. The van der Waals surface area contributed by atoms with Crippen LogP contribution in [0.2, 0.25) is 0 Å². The summed E-state index contributed by atoms with van der Waals surface area (Å²) in [5, 5.41) is 10.7. The van der Waals surface area contributed by atoms with Crippen LogP contribution in [0, 0.1) is 0 Å². The van der Waals surface area contributed by atoms with Crippen molar-refractivity contribution in [1.82, 2.24) is 15.2 Å². The number of hydrogen-bond donors (Lipinski definition) is 3. The van der Waals surface area contributed by atoms with E-state index in [-0.39, 0.29) is 18.0 Å². The van der Waals surface area contributed by atoms with E-state index < -0.39 is 6.03 Å². The van der Waals surface area contributed by atoms with E-state index in [0.717, 1.165) is 5.69 Å². The molecule has 3 N–H and O–H groups in total. The molecule has 4 amide bonds. The van der Waals surface area contributed by atoms with Crippen molar-refractivity contribution in [1.29, 1.82) is 0 Å². The second kappa shape index (κ2) is 12.0. The first kappa shape index (κ1) is 24.3. The lowest BCUT2D eigenvalue weighted by atomic mass is 10.1. The predicted octanol–water partition coefficient (Wildman–Crippen LogP) is 3.47. The lowest BCUT2D eigenvalue weighted by Crippen LogP contribution is -2.46. The SMILES string of the molecule is CCOC(=O)N1CCC(NC(=O)CCc2csc(NC(=O)Nc3ccc(OC)cc3)n2)CC1. The Morgan fingerprint density at radius 2 is 1.88 bits per heavy atom. The molecule has 1 aromatic heterocycles. The lowest BCUT2D eigenvalue weighted by molar-refractivity contribution is -0.122. The van der Waals surface area contributed by atoms with E-state index in [1.807, 2.05) is 5.38 Å². The first-order valence-corrected chi connectivity index (χ1v) is 11.7. The van der Waals surface area contributed by atoms with Crippen molar-refractivity contribution in [3.63, 3.8) is 0 Å². The summed E-state index contributed by atoms with van der Waals surface area (Å²) in [6, 6.07) is 6.65. The number of hydrogen-bond acceptors (Lipinski definition) is 7. The molecule has 1 aromatic carbocycles. The molecule has 1 aliphatic heterocycles. The highest BCUT2D eigenvalue weighted by Crippen LogP contribution is 2.19. The number of aromatic nitrogens is 1. The summed E-state index contributed by atoms with van der Waals surface area (Å²) in [6.07, 6.45) is 1.90. The normalized spacial score (nSPS) is 13.8. The molecule has 0 spiro atoms. The van der Waals surface area contributed by atoms with E-state index in [4.69, 9.17) is 9.47 Å². The number of thiazole rings is 1. The van der Waals surface area contributed by atoms with Crippen LogP contribution >= 0.6 is 11.3 Å². The maximum Gasteiger partial charge on any atom is 0.409 e. The van der Waals surface area contributed by atoms with Crippen LogP contribution in [0.4, 0.5) is 20.4 Å². The second-order valence-corrected chi connectivity index (χ2v) is 8.34. The summed E-state index contributed by atoms with van der Waals surface area (Å²) in [7, 11) is 1.58. The van der Waals surface area contributed by atoms with Gasteiger partial charge in [0.25, 0.3) is 0 Å². The molecule has 2 heterocycles. The Balaban J connectivity index is 1.36. The Morgan fingerprint density at radius 3 is 2.55 bits per heavy atom. The predicted molar refractivity (Wildman–Crippen MR) is 126 cm³/mol. The van der Waals surface area contributed by atoms with Crippen molar-refractivity contribution in [2.24, 2.45) is 0 Å². The van der Waals surface area contributed by atoms with E-state index in [2.05, 4.69) is 20.9 Å². The molecule has 0 saturated carbocycles. The van der Waals surface area contributed by atoms with Crippen LogP contribution in [0.25, 0.3) is 0 Å². The highest BCUT2D eigenvalue weighted by molar-refractivity contribution is 7.13. The molecule has 33 heavy (non-hydrogen) atoms. The van der Waals surface area contributed by atoms with Gasteiger partial charge in [-0.05, 0) is 50.5 Å². The van der Waals surface area contributed by atoms with Gasteiger partial charge in [0, 0.05) is 36.6 Å². The number of ether oxygens (including phenoxy) is 2. The smallest absolute Gasteiger partial charge is 0.409 e. The fraction of sp³-hybridized carbons (Fsp3) is 0.455. The van der Waals surface area contributed by atoms with Gasteiger partial charge in [0.2, 0.25) is 5.91 Å². The van der Waals surface area contributed by atoms with Crippen LogP contribution < -0.4 is 20.7 Å². The number of rotatable bonds is 8. The number of benzene rings is 1. The fourth-order valence-corrected chi connectivity index (χ4v) is 4.12. The first-order chi connectivity index (χ1) is 16.0. The van der Waals surface area contributed by atoms with Gasteiger partial charge in [0.1, 0.15) is 5.75 Å². The second-order valence-electron chi connectivity index (χ2n) is 7.48. The first-order valence-electron chi connectivity index (χ1n) is 10.8. The molecule has 0 radical (unpaired) electrons. The largest absolute Gasteiger partial charge is 0.497 e. The Labute approximate surface area is 196 Å². The van der Waals surface area contributed by atoms with E-state index >= 15 is 0 Å².